The summed E-state index contributed by atoms with van der Waals surface area (Å²) in [6.45, 7) is 0. The Morgan fingerprint density at radius 1 is 0.897 bits per heavy atom. The molecule has 2 aromatic carbocycles. The molecule has 2 rings (SSSR count). The summed E-state index contributed by atoms with van der Waals surface area (Å²) in [5, 5.41) is 21.8. The van der Waals surface area contributed by atoms with Crippen LogP contribution in [-0.4, -0.2) is 27.0 Å². The molecule has 5 nitrogen and oxygen atoms in total. The Labute approximate surface area is 201 Å². The molecule has 0 saturated heterocycles. The Morgan fingerprint density at radius 2 is 1.41 bits per heavy atom. The van der Waals surface area contributed by atoms with Crippen LogP contribution >= 0.6 is 81.2 Å². The summed E-state index contributed by atoms with van der Waals surface area (Å²) < 4.78 is 30.0. The lowest BCUT2D eigenvalue weighted by molar-refractivity contribution is -0.0881. The van der Waals surface area contributed by atoms with E-state index in [0.717, 1.165) is 12.1 Å². The number of benzene rings is 2. The van der Waals surface area contributed by atoms with E-state index < -0.39 is 42.0 Å². The fourth-order valence-electron chi connectivity index (χ4n) is 2.67. The van der Waals surface area contributed by atoms with Gasteiger partial charge in [0.05, 0.1) is 5.02 Å². The Bertz CT molecular complexity index is 1020. The molecule has 2 unspecified atom stereocenters. The maximum atomic E-state index is 11.4. The van der Waals surface area contributed by atoms with E-state index in [-0.39, 0.29) is 26.2 Å². The fraction of sp³-hybridized carbons (Fsp3) is 0.250. The van der Waals surface area contributed by atoms with Crippen molar-refractivity contribution in [3.8, 4) is 0 Å². The average Bonchev–Trinajstić information content (AvgIpc) is 2.52. The van der Waals surface area contributed by atoms with Gasteiger partial charge in [-0.05, 0) is 35.9 Å². The minimum Gasteiger partial charge on any atom is -0.385 e. The van der Waals surface area contributed by atoms with E-state index in [4.69, 9.17) is 81.2 Å². The van der Waals surface area contributed by atoms with Gasteiger partial charge in [0.15, 0.2) is 3.79 Å². The lowest BCUT2D eigenvalue weighted by Gasteiger charge is -2.36. The van der Waals surface area contributed by atoms with E-state index in [1.807, 2.05) is 0 Å². The normalized spacial score (nSPS) is 15.8. The van der Waals surface area contributed by atoms with Gasteiger partial charge in [-0.1, -0.05) is 81.2 Å². The largest absolute Gasteiger partial charge is 0.385 e. The molecule has 160 valence electrons. The maximum Gasteiger partial charge on any atom is 0.296 e. The summed E-state index contributed by atoms with van der Waals surface area (Å²) in [4.78, 5) is -0.684. The zero-order valence-corrected chi connectivity index (χ0v) is 20.0. The van der Waals surface area contributed by atoms with Gasteiger partial charge >= 0.3 is 0 Å². The van der Waals surface area contributed by atoms with Crippen molar-refractivity contribution in [3.05, 3.63) is 61.5 Å². The molecule has 0 aromatic heterocycles. The molecule has 0 aliphatic rings. The number of alkyl halides is 3. The molecule has 0 bridgehead atoms. The van der Waals surface area contributed by atoms with Crippen molar-refractivity contribution in [3.63, 3.8) is 0 Å². The first-order chi connectivity index (χ1) is 13.0. The van der Waals surface area contributed by atoms with Crippen LogP contribution in [0.5, 0.6) is 0 Å². The van der Waals surface area contributed by atoms with E-state index in [0.29, 0.717) is 0 Å². The summed E-state index contributed by atoms with van der Waals surface area (Å²) in [6.07, 6.45) is -2.50. The van der Waals surface area contributed by atoms with E-state index >= 15 is 0 Å². The molecular weight excluding hydrogens is 552 g/mol. The highest BCUT2D eigenvalue weighted by atomic mass is 35.6. The molecule has 2 atom stereocenters. The molecule has 0 fully saturated rings. The first-order valence-electron chi connectivity index (χ1n) is 7.45. The second kappa shape index (κ2) is 9.04. The third-order valence-electron chi connectivity index (χ3n) is 3.91. The van der Waals surface area contributed by atoms with Crippen LogP contribution in [0, 0.1) is 0 Å². The molecule has 0 amide bonds. The smallest absolute Gasteiger partial charge is 0.296 e. The molecule has 0 aliphatic heterocycles. The van der Waals surface area contributed by atoms with Gasteiger partial charge in [0.2, 0.25) is 0 Å². The number of rotatable bonds is 5. The second-order valence-electron chi connectivity index (χ2n) is 6.06. The van der Waals surface area contributed by atoms with Crippen molar-refractivity contribution < 1.29 is 23.2 Å². The molecule has 0 spiro atoms. The highest BCUT2D eigenvalue weighted by molar-refractivity contribution is 7.86. The van der Waals surface area contributed by atoms with Crippen LogP contribution in [0.1, 0.15) is 23.7 Å². The lowest BCUT2D eigenvalue weighted by Crippen LogP contribution is -2.37. The van der Waals surface area contributed by atoms with Gasteiger partial charge in [-0.2, -0.15) is 8.42 Å². The summed E-state index contributed by atoms with van der Waals surface area (Å²) in [5.74, 6) is 0. The standard InChI is InChI=1S/C16H11Cl7O5S/c17-8-1-7(2-9(18)3-8)15(25,6-16(21,22)23)14(24)10-4-12(20)13(5-11(10)19)29(26,27)28/h1-5,14,24-25H,6H2,(H,26,27,28). The molecule has 0 radical (unpaired) electrons. The van der Waals surface area contributed by atoms with Crippen LogP contribution in [0.3, 0.4) is 0 Å². The molecule has 29 heavy (non-hydrogen) atoms. The van der Waals surface area contributed by atoms with Crippen molar-refractivity contribution in [1.82, 2.24) is 0 Å². The predicted molar refractivity (Wildman–Crippen MR) is 117 cm³/mol. The Balaban J connectivity index is 2.71. The quantitative estimate of drug-likeness (QED) is 0.296. The second-order valence-corrected chi connectivity index (χ2v) is 11.6. The van der Waals surface area contributed by atoms with E-state index in [1.165, 1.54) is 18.2 Å². The highest BCUT2D eigenvalue weighted by Crippen LogP contribution is 2.49. The molecule has 0 heterocycles. The van der Waals surface area contributed by atoms with Crippen LogP contribution in [0.25, 0.3) is 0 Å². The molecule has 0 saturated carbocycles. The zero-order valence-electron chi connectivity index (χ0n) is 13.9. The van der Waals surface area contributed by atoms with Crippen molar-refractivity contribution in [2.75, 3.05) is 0 Å². The van der Waals surface area contributed by atoms with Crippen molar-refractivity contribution in [2.45, 2.75) is 26.8 Å². The monoisotopic (exact) mass is 560 g/mol. The van der Waals surface area contributed by atoms with E-state index in [2.05, 4.69) is 0 Å². The molecule has 13 heteroatoms. The summed E-state index contributed by atoms with van der Waals surface area (Å²) >= 11 is 41.5. The van der Waals surface area contributed by atoms with Crippen molar-refractivity contribution >= 4 is 91.3 Å². The van der Waals surface area contributed by atoms with E-state index in [1.54, 1.807) is 0 Å². The van der Waals surface area contributed by atoms with Gasteiger partial charge in [-0.25, -0.2) is 0 Å². The number of hydrogen-bond donors (Lipinski definition) is 3. The van der Waals surface area contributed by atoms with Crippen LogP contribution in [0.4, 0.5) is 0 Å². The summed E-state index contributed by atoms with van der Waals surface area (Å²) in [5.41, 5.74) is -2.48. The van der Waals surface area contributed by atoms with Gasteiger partial charge in [-0.15, -0.1) is 0 Å². The van der Waals surface area contributed by atoms with Crippen LogP contribution in [-0.2, 0) is 15.7 Å². The Kier molecular flexibility index (Phi) is 7.97. The number of halogens is 7. The highest BCUT2D eigenvalue weighted by Gasteiger charge is 2.45. The SMILES string of the molecule is O=S(=O)(O)c1cc(Cl)c(C(O)C(O)(CC(Cl)(Cl)Cl)c2cc(Cl)cc(Cl)c2)cc1Cl. The average molecular weight is 563 g/mol. The fourth-order valence-corrected chi connectivity index (χ4v) is 5.18. The third kappa shape index (κ3) is 6.18. The van der Waals surface area contributed by atoms with Gasteiger partial charge in [0, 0.05) is 27.1 Å². The van der Waals surface area contributed by atoms with Crippen LogP contribution < -0.4 is 0 Å². The Hall–Kier alpha value is 0.300. The minimum absolute atomic E-state index is 0.000120. The topological polar surface area (TPSA) is 94.8 Å². The predicted octanol–water partition coefficient (Wildman–Crippen LogP) is 6.23. The number of hydrogen-bond acceptors (Lipinski definition) is 4. The summed E-state index contributed by atoms with van der Waals surface area (Å²) in [7, 11) is -4.68. The maximum absolute atomic E-state index is 11.4. The van der Waals surface area contributed by atoms with Gasteiger partial charge in [0.25, 0.3) is 10.1 Å². The first-order valence-corrected chi connectivity index (χ1v) is 11.5. The molecule has 3 N–H and O–H groups in total. The number of aliphatic hydroxyl groups is 2. The van der Waals surface area contributed by atoms with Crippen molar-refractivity contribution in [1.29, 1.82) is 0 Å². The van der Waals surface area contributed by atoms with E-state index in [9.17, 15) is 23.2 Å². The van der Waals surface area contributed by atoms with Crippen LogP contribution in [0.2, 0.25) is 20.1 Å². The lowest BCUT2D eigenvalue weighted by atomic mass is 9.82. The van der Waals surface area contributed by atoms with Gasteiger partial charge < -0.3 is 10.2 Å². The zero-order chi connectivity index (χ0) is 22.4. The summed E-state index contributed by atoms with van der Waals surface area (Å²) in [6, 6.07) is 5.77. The third-order valence-corrected chi connectivity index (χ3v) is 6.39. The van der Waals surface area contributed by atoms with Gasteiger partial charge in [-0.3, -0.25) is 4.55 Å². The molecule has 2 aromatic rings. The molecule has 0 aliphatic carbocycles. The molecular formula is C16H11Cl7O5S. The minimum atomic E-state index is -4.68. The van der Waals surface area contributed by atoms with Gasteiger partial charge in [0.1, 0.15) is 16.6 Å². The number of aliphatic hydroxyl groups excluding tert-OH is 1. The first kappa shape index (κ1) is 25.6. The van der Waals surface area contributed by atoms with Crippen molar-refractivity contribution in [2.24, 2.45) is 0 Å². The van der Waals surface area contributed by atoms with Crippen LogP contribution in [0.15, 0.2) is 35.2 Å². The Morgan fingerprint density at radius 3 is 1.86 bits per heavy atom.